The highest BCUT2D eigenvalue weighted by atomic mass is 16.3. The number of rotatable bonds is 5. The molecule has 3 saturated carbocycles. The third-order valence-corrected chi connectivity index (χ3v) is 11.3. The Morgan fingerprint density at radius 1 is 1.07 bits per heavy atom. The van der Waals surface area contributed by atoms with Crippen molar-refractivity contribution in [1.29, 1.82) is 0 Å². The van der Waals surface area contributed by atoms with Crippen LogP contribution in [0.4, 0.5) is 0 Å². The fraction of sp³-hybridized carbons (Fsp3) is 0.931. The number of aliphatic hydroxyl groups is 1. The summed E-state index contributed by atoms with van der Waals surface area (Å²) in [4.78, 5) is 0. The number of fused-ring (bicyclic) bond motifs is 5. The van der Waals surface area contributed by atoms with E-state index in [4.69, 9.17) is 0 Å². The van der Waals surface area contributed by atoms with Gasteiger partial charge in [-0.3, -0.25) is 0 Å². The Morgan fingerprint density at radius 2 is 1.80 bits per heavy atom. The molecule has 4 rings (SSSR count). The summed E-state index contributed by atoms with van der Waals surface area (Å²) in [6, 6.07) is 0. The molecule has 0 saturated heterocycles. The van der Waals surface area contributed by atoms with E-state index in [1.54, 1.807) is 0 Å². The van der Waals surface area contributed by atoms with E-state index in [-0.39, 0.29) is 0 Å². The minimum absolute atomic E-state index is 0.490. The minimum atomic E-state index is -0.516. The maximum Gasteiger partial charge on any atom is 0.0591 e. The third-order valence-electron chi connectivity index (χ3n) is 11.3. The van der Waals surface area contributed by atoms with E-state index in [2.05, 4.69) is 40.7 Å². The van der Waals surface area contributed by atoms with Gasteiger partial charge >= 0.3 is 0 Å². The van der Waals surface area contributed by atoms with Gasteiger partial charge in [0, 0.05) is 0 Å². The maximum absolute atomic E-state index is 10.2. The van der Waals surface area contributed by atoms with Gasteiger partial charge in [0.05, 0.1) is 5.60 Å². The summed E-state index contributed by atoms with van der Waals surface area (Å²) in [5.41, 5.74) is 2.90. The Labute approximate surface area is 187 Å². The SMILES string of the molecule is CC[C@@]1(C)CC[C@@]2(C)C(=CCC3C2CC[C@@]2(C)C3CC[C@@H]2[C@H](C)CCC(C)(C)O)C1. The molecule has 3 fully saturated rings. The Hall–Kier alpha value is -0.300. The first kappa shape index (κ1) is 22.9. The lowest BCUT2D eigenvalue weighted by Crippen LogP contribution is -2.51. The van der Waals surface area contributed by atoms with Gasteiger partial charge in [-0.05, 0) is 124 Å². The zero-order valence-electron chi connectivity index (χ0n) is 21.2. The predicted molar refractivity (Wildman–Crippen MR) is 128 cm³/mol. The lowest BCUT2D eigenvalue weighted by atomic mass is 9.45. The minimum Gasteiger partial charge on any atom is -0.390 e. The van der Waals surface area contributed by atoms with Crippen molar-refractivity contribution in [2.75, 3.05) is 0 Å². The van der Waals surface area contributed by atoms with Gasteiger partial charge in [-0.25, -0.2) is 0 Å². The molecule has 0 heterocycles. The van der Waals surface area contributed by atoms with Crippen molar-refractivity contribution in [2.24, 2.45) is 45.8 Å². The molecule has 0 aromatic carbocycles. The highest BCUT2D eigenvalue weighted by Gasteiger charge is 2.59. The van der Waals surface area contributed by atoms with Gasteiger partial charge in [0.2, 0.25) is 0 Å². The molecular formula is C29H50O. The second kappa shape index (κ2) is 7.64. The Bertz CT molecular complexity index is 670. The number of allylic oxidation sites excluding steroid dienone is 2. The van der Waals surface area contributed by atoms with Crippen LogP contribution in [0.2, 0.25) is 0 Å². The molecular weight excluding hydrogens is 364 g/mol. The van der Waals surface area contributed by atoms with Crippen LogP contribution >= 0.6 is 0 Å². The zero-order chi connectivity index (χ0) is 21.9. The topological polar surface area (TPSA) is 20.2 Å². The van der Waals surface area contributed by atoms with Gasteiger partial charge in [0.25, 0.3) is 0 Å². The molecule has 0 bridgehead atoms. The first-order chi connectivity index (χ1) is 13.9. The second-order valence-electron chi connectivity index (χ2n) is 13.7. The van der Waals surface area contributed by atoms with Gasteiger partial charge in [-0.1, -0.05) is 52.7 Å². The lowest BCUT2D eigenvalue weighted by Gasteiger charge is -2.59. The molecule has 0 aliphatic heterocycles. The van der Waals surface area contributed by atoms with Crippen LogP contribution in [0, 0.1) is 45.8 Å². The molecule has 3 unspecified atom stereocenters. The van der Waals surface area contributed by atoms with Crippen molar-refractivity contribution in [3.63, 3.8) is 0 Å². The van der Waals surface area contributed by atoms with E-state index < -0.39 is 5.60 Å². The molecule has 0 amide bonds. The molecule has 1 nitrogen and oxygen atoms in total. The first-order valence-electron chi connectivity index (χ1n) is 13.3. The summed E-state index contributed by atoms with van der Waals surface area (Å²) in [5.74, 6) is 4.39. The monoisotopic (exact) mass is 414 g/mol. The van der Waals surface area contributed by atoms with Crippen molar-refractivity contribution < 1.29 is 5.11 Å². The third kappa shape index (κ3) is 3.74. The van der Waals surface area contributed by atoms with Crippen molar-refractivity contribution in [3.8, 4) is 0 Å². The van der Waals surface area contributed by atoms with Crippen molar-refractivity contribution in [3.05, 3.63) is 11.6 Å². The normalized spacial score (nSPS) is 47.1. The Kier molecular flexibility index (Phi) is 5.82. The lowest BCUT2D eigenvalue weighted by molar-refractivity contribution is -0.0587. The Morgan fingerprint density at radius 3 is 2.47 bits per heavy atom. The highest BCUT2D eigenvalue weighted by molar-refractivity contribution is 5.26. The van der Waals surface area contributed by atoms with Gasteiger partial charge in [0.1, 0.15) is 0 Å². The summed E-state index contributed by atoms with van der Waals surface area (Å²) >= 11 is 0. The Balaban J connectivity index is 1.52. The smallest absolute Gasteiger partial charge is 0.0591 e. The molecule has 30 heavy (non-hydrogen) atoms. The molecule has 8 atom stereocenters. The molecule has 1 heteroatoms. The summed E-state index contributed by atoms with van der Waals surface area (Å²) in [7, 11) is 0. The van der Waals surface area contributed by atoms with Gasteiger partial charge in [0.15, 0.2) is 0 Å². The largest absolute Gasteiger partial charge is 0.390 e. The standard InChI is InChI=1S/C29H50O/c1-8-27(5)17-18-28(6)21(19-27)9-10-22-24-12-11-23(20(2)13-15-26(3,4)30)29(24,7)16-14-25(22)28/h9,20,22-25,30H,8,10-19H2,1-7H3/t20-,22?,23-,24?,25?,27+,28+,29-/m1/s1. The number of hydrogen-bond acceptors (Lipinski definition) is 1. The first-order valence-corrected chi connectivity index (χ1v) is 13.3. The van der Waals surface area contributed by atoms with Gasteiger partial charge in [-0.2, -0.15) is 0 Å². The van der Waals surface area contributed by atoms with Crippen molar-refractivity contribution >= 4 is 0 Å². The molecule has 0 aromatic heterocycles. The second-order valence-corrected chi connectivity index (χ2v) is 13.7. The van der Waals surface area contributed by atoms with Crippen LogP contribution in [0.1, 0.15) is 119 Å². The quantitative estimate of drug-likeness (QED) is 0.450. The molecule has 4 aliphatic carbocycles. The van der Waals surface area contributed by atoms with E-state index in [0.717, 1.165) is 36.0 Å². The van der Waals surface area contributed by atoms with E-state index >= 15 is 0 Å². The molecule has 172 valence electrons. The van der Waals surface area contributed by atoms with Crippen LogP contribution in [0.15, 0.2) is 11.6 Å². The summed E-state index contributed by atoms with van der Waals surface area (Å²) in [5, 5.41) is 10.2. The summed E-state index contributed by atoms with van der Waals surface area (Å²) in [6.07, 6.45) is 17.6. The van der Waals surface area contributed by atoms with Crippen LogP contribution in [-0.2, 0) is 0 Å². The number of hydrogen-bond donors (Lipinski definition) is 1. The van der Waals surface area contributed by atoms with Gasteiger partial charge < -0.3 is 5.11 Å². The molecule has 4 aliphatic rings. The summed E-state index contributed by atoms with van der Waals surface area (Å²) < 4.78 is 0. The average Bonchev–Trinajstić information content (AvgIpc) is 3.03. The highest BCUT2D eigenvalue weighted by Crippen LogP contribution is 2.68. The average molecular weight is 415 g/mol. The van der Waals surface area contributed by atoms with Crippen LogP contribution < -0.4 is 0 Å². The predicted octanol–water partition coefficient (Wildman–Crippen LogP) is 8.17. The van der Waals surface area contributed by atoms with E-state index in [1.807, 2.05) is 19.4 Å². The maximum atomic E-state index is 10.2. The fourth-order valence-electron chi connectivity index (χ4n) is 8.95. The summed E-state index contributed by atoms with van der Waals surface area (Å²) in [6.45, 7) is 16.7. The molecule has 0 radical (unpaired) electrons. The van der Waals surface area contributed by atoms with E-state index in [9.17, 15) is 5.11 Å². The van der Waals surface area contributed by atoms with E-state index in [1.165, 1.54) is 64.2 Å². The van der Waals surface area contributed by atoms with E-state index in [0.29, 0.717) is 16.2 Å². The fourth-order valence-corrected chi connectivity index (χ4v) is 8.95. The van der Waals surface area contributed by atoms with Crippen molar-refractivity contribution in [1.82, 2.24) is 0 Å². The van der Waals surface area contributed by atoms with Crippen LogP contribution in [-0.4, -0.2) is 10.7 Å². The van der Waals surface area contributed by atoms with Crippen LogP contribution in [0.25, 0.3) is 0 Å². The molecule has 0 aromatic rings. The molecule has 0 spiro atoms. The molecule has 1 N–H and O–H groups in total. The zero-order valence-corrected chi connectivity index (χ0v) is 21.2. The van der Waals surface area contributed by atoms with Crippen LogP contribution in [0.5, 0.6) is 0 Å². The van der Waals surface area contributed by atoms with Crippen molar-refractivity contribution in [2.45, 2.75) is 125 Å². The van der Waals surface area contributed by atoms with Gasteiger partial charge in [-0.15, -0.1) is 0 Å². The van der Waals surface area contributed by atoms with Crippen LogP contribution in [0.3, 0.4) is 0 Å².